The van der Waals surface area contributed by atoms with Gasteiger partial charge in [-0.15, -0.1) is 0 Å². The highest BCUT2D eigenvalue weighted by Gasteiger charge is 2.25. The third kappa shape index (κ3) is 6.41. The van der Waals surface area contributed by atoms with Gasteiger partial charge in [0, 0.05) is 57.5 Å². The number of hydrogen-bond donors (Lipinski definition) is 1. The molecule has 158 valence electrons. The molecule has 1 aliphatic heterocycles. The van der Waals surface area contributed by atoms with Crippen molar-refractivity contribution in [2.45, 2.75) is 40.0 Å². The summed E-state index contributed by atoms with van der Waals surface area (Å²) in [5.74, 6) is -2.01. The largest absolute Gasteiger partial charge is 0.353 e. The van der Waals surface area contributed by atoms with Crippen LogP contribution in [0.4, 0.5) is 14.5 Å². The molecule has 0 unspecified atom stereocenters. The zero-order valence-electron chi connectivity index (χ0n) is 17.6. The number of hydrogen-bond acceptors (Lipinski definition) is 3. The average Bonchev–Trinajstić information content (AvgIpc) is 2.68. The van der Waals surface area contributed by atoms with E-state index in [0.29, 0.717) is 31.9 Å². The smallest absolute Gasteiger partial charge is 0.270 e. The van der Waals surface area contributed by atoms with Crippen molar-refractivity contribution in [3.05, 3.63) is 53.9 Å². The van der Waals surface area contributed by atoms with Crippen molar-refractivity contribution in [2.24, 2.45) is 4.99 Å². The number of nitrogens with one attached hydrogen (secondary N) is 1. The first kappa shape index (κ1) is 22.6. The highest BCUT2D eigenvalue weighted by Crippen LogP contribution is 2.28. The molecule has 1 N–H and O–H groups in total. The summed E-state index contributed by atoms with van der Waals surface area (Å²) in [6.45, 7) is 9.05. The molecular weight excluding hydrogens is 374 g/mol. The van der Waals surface area contributed by atoms with Crippen LogP contribution in [0.2, 0.25) is 0 Å². The summed E-state index contributed by atoms with van der Waals surface area (Å²) in [7, 11) is 0. The van der Waals surface area contributed by atoms with Gasteiger partial charge in [-0.1, -0.05) is 31.2 Å². The monoisotopic (exact) mass is 404 g/mol. The molecule has 1 amide bonds. The van der Waals surface area contributed by atoms with Crippen LogP contribution in [0.1, 0.15) is 39.7 Å². The molecule has 0 atom stereocenters. The van der Waals surface area contributed by atoms with E-state index in [1.54, 1.807) is 25.3 Å². The third-order valence-corrected chi connectivity index (χ3v) is 4.69. The lowest BCUT2D eigenvalue weighted by atomic mass is 10.1. The van der Waals surface area contributed by atoms with E-state index >= 15 is 0 Å². The summed E-state index contributed by atoms with van der Waals surface area (Å²) in [4.78, 5) is 20.2. The number of amides is 1. The van der Waals surface area contributed by atoms with Gasteiger partial charge in [-0.2, -0.15) is 0 Å². The Bertz CT molecular complexity index is 771. The molecular formula is C22H30F2N4O. The molecule has 0 bridgehead atoms. The minimum absolute atomic E-state index is 0.0211. The Balaban J connectivity index is 2.24. The van der Waals surface area contributed by atoms with Gasteiger partial charge in [0.05, 0.1) is 5.70 Å². The molecule has 1 heterocycles. The van der Waals surface area contributed by atoms with Crippen LogP contribution in [0.25, 0.3) is 0 Å². The average molecular weight is 405 g/mol. The maximum atomic E-state index is 13.5. The van der Waals surface area contributed by atoms with Crippen LogP contribution in [0.15, 0.2) is 53.3 Å². The fraction of sp³-hybridized carbons (Fsp3) is 0.455. The number of alkyl halides is 2. The topological polar surface area (TPSA) is 47.9 Å². The number of rotatable bonds is 6. The number of halogens is 2. The zero-order valence-corrected chi connectivity index (χ0v) is 17.6. The Morgan fingerprint density at radius 2 is 1.76 bits per heavy atom. The van der Waals surface area contributed by atoms with Crippen molar-refractivity contribution in [1.82, 2.24) is 9.80 Å². The van der Waals surface area contributed by atoms with E-state index in [4.69, 9.17) is 0 Å². The van der Waals surface area contributed by atoms with Crippen LogP contribution in [0, 0.1) is 0 Å². The van der Waals surface area contributed by atoms with Crippen LogP contribution in [0.5, 0.6) is 0 Å². The number of nitrogens with zero attached hydrogens (tertiary/aromatic N) is 3. The van der Waals surface area contributed by atoms with Gasteiger partial charge in [-0.3, -0.25) is 4.79 Å². The molecule has 1 fully saturated rings. The second-order valence-corrected chi connectivity index (χ2v) is 7.04. The van der Waals surface area contributed by atoms with Crippen molar-refractivity contribution in [3.8, 4) is 0 Å². The molecule has 29 heavy (non-hydrogen) atoms. The molecule has 7 heteroatoms. The Morgan fingerprint density at radius 3 is 2.24 bits per heavy atom. The third-order valence-electron chi connectivity index (χ3n) is 4.69. The van der Waals surface area contributed by atoms with E-state index in [9.17, 15) is 13.6 Å². The van der Waals surface area contributed by atoms with E-state index in [-0.39, 0.29) is 11.5 Å². The minimum atomic E-state index is -2.87. The first-order valence-electron chi connectivity index (χ1n) is 9.91. The number of anilines is 1. The predicted octanol–water partition coefficient (Wildman–Crippen LogP) is 4.60. The van der Waals surface area contributed by atoms with Crippen LogP contribution in [0.3, 0.4) is 0 Å². The van der Waals surface area contributed by atoms with E-state index < -0.39 is 5.92 Å². The zero-order chi connectivity index (χ0) is 21.4. The van der Waals surface area contributed by atoms with E-state index in [1.807, 2.05) is 30.9 Å². The van der Waals surface area contributed by atoms with Crippen molar-refractivity contribution < 1.29 is 13.6 Å². The summed E-state index contributed by atoms with van der Waals surface area (Å²) in [5.41, 5.74) is 1.51. The molecule has 0 spiro atoms. The van der Waals surface area contributed by atoms with E-state index in [0.717, 1.165) is 24.9 Å². The molecule has 1 aliphatic rings. The van der Waals surface area contributed by atoms with Crippen LogP contribution in [-0.4, -0.2) is 47.7 Å². The summed E-state index contributed by atoms with van der Waals surface area (Å²) in [6.07, 6.45) is 6.41. The molecule has 1 aromatic carbocycles. The lowest BCUT2D eigenvalue weighted by Crippen LogP contribution is -2.50. The summed E-state index contributed by atoms with van der Waals surface area (Å²) >= 11 is 0. The van der Waals surface area contributed by atoms with Gasteiger partial charge in [0.2, 0.25) is 5.91 Å². The molecule has 1 aromatic rings. The van der Waals surface area contributed by atoms with Crippen molar-refractivity contribution in [1.29, 1.82) is 0 Å². The van der Waals surface area contributed by atoms with Gasteiger partial charge in [-0.05, 0) is 25.5 Å². The predicted molar refractivity (Wildman–Crippen MR) is 114 cm³/mol. The van der Waals surface area contributed by atoms with Crippen molar-refractivity contribution >= 4 is 17.4 Å². The Morgan fingerprint density at radius 1 is 1.17 bits per heavy atom. The second kappa shape index (κ2) is 10.2. The molecule has 0 saturated carbocycles. The van der Waals surface area contributed by atoms with Gasteiger partial charge >= 0.3 is 0 Å². The SMILES string of the molecule is C\C=C/N=C(/C(=C/CC)Nc1ccc(C(C)(F)F)cc1)N1CCN(C(C)=O)CC1. The van der Waals surface area contributed by atoms with Gasteiger partial charge in [-0.25, -0.2) is 13.8 Å². The molecule has 2 rings (SSSR count). The van der Waals surface area contributed by atoms with Gasteiger partial charge < -0.3 is 15.1 Å². The lowest BCUT2D eigenvalue weighted by Gasteiger charge is -2.36. The first-order chi connectivity index (χ1) is 13.8. The first-order valence-corrected chi connectivity index (χ1v) is 9.91. The number of benzene rings is 1. The van der Waals surface area contributed by atoms with Crippen LogP contribution >= 0.6 is 0 Å². The molecule has 0 aromatic heterocycles. The lowest BCUT2D eigenvalue weighted by molar-refractivity contribution is -0.130. The van der Waals surface area contributed by atoms with E-state index in [2.05, 4.69) is 15.2 Å². The molecule has 1 saturated heterocycles. The van der Waals surface area contributed by atoms with Gasteiger partial charge in [0.15, 0.2) is 5.84 Å². The molecule has 5 nitrogen and oxygen atoms in total. The Hall–Kier alpha value is -2.70. The highest BCUT2D eigenvalue weighted by molar-refractivity contribution is 6.01. The standard InChI is InChI=1S/C22H30F2N4O/c1-5-7-20(26-19-10-8-18(9-11-19)22(4,23)24)21(25-12-6-2)28-15-13-27(14-16-28)17(3)29/h6-12,26H,5,13-16H2,1-4H3/b12-6-,20-7-,25-21-. The number of amidine groups is 1. The number of piperazine rings is 1. The van der Waals surface area contributed by atoms with Gasteiger partial charge in [0.1, 0.15) is 0 Å². The molecule has 0 radical (unpaired) electrons. The fourth-order valence-electron chi connectivity index (χ4n) is 3.10. The highest BCUT2D eigenvalue weighted by atomic mass is 19.3. The van der Waals surface area contributed by atoms with Crippen molar-refractivity contribution in [2.75, 3.05) is 31.5 Å². The summed E-state index contributed by atoms with van der Waals surface area (Å²) < 4.78 is 27.0. The maximum Gasteiger partial charge on any atom is 0.270 e. The normalized spacial score (nSPS) is 16.5. The fourth-order valence-corrected chi connectivity index (χ4v) is 3.10. The van der Waals surface area contributed by atoms with E-state index in [1.165, 1.54) is 12.1 Å². The minimum Gasteiger partial charge on any atom is -0.353 e. The maximum absolute atomic E-state index is 13.5. The number of allylic oxidation sites excluding steroid dienone is 2. The van der Waals surface area contributed by atoms with Crippen molar-refractivity contribution in [3.63, 3.8) is 0 Å². The number of carbonyl (C=O) groups excluding carboxylic acids is 1. The summed E-state index contributed by atoms with van der Waals surface area (Å²) in [6, 6.07) is 6.16. The van der Waals surface area contributed by atoms with Crippen LogP contribution < -0.4 is 5.32 Å². The summed E-state index contributed by atoms with van der Waals surface area (Å²) in [5, 5.41) is 3.33. The second-order valence-electron chi connectivity index (χ2n) is 7.04. The molecule has 0 aliphatic carbocycles. The van der Waals surface area contributed by atoms with Crippen LogP contribution in [-0.2, 0) is 10.7 Å². The Kier molecular flexibility index (Phi) is 7.93. The quantitative estimate of drug-likeness (QED) is 0.557. The number of aliphatic imine (C=N–C) groups is 1. The van der Waals surface area contributed by atoms with Gasteiger partial charge in [0.25, 0.3) is 5.92 Å². The number of carbonyl (C=O) groups is 1. The Labute approximate surface area is 171 Å².